The van der Waals surface area contributed by atoms with Gasteiger partial charge in [-0.2, -0.15) is 0 Å². The number of aromatic nitrogens is 1. The zero-order valence-electron chi connectivity index (χ0n) is 30.7. The number of para-hydroxylation sites is 3. The van der Waals surface area contributed by atoms with Gasteiger partial charge in [0, 0.05) is 27.7 Å². The Morgan fingerprint density at radius 3 is 1.75 bits per heavy atom. The molecule has 2 heteroatoms. The lowest BCUT2D eigenvalue weighted by molar-refractivity contribution is 1.18. The Hall–Kier alpha value is -7.42. The van der Waals surface area contributed by atoms with Gasteiger partial charge in [0.2, 0.25) is 0 Å². The molecule has 0 fully saturated rings. The van der Waals surface area contributed by atoms with Gasteiger partial charge in [-0.3, -0.25) is 0 Å². The maximum absolute atomic E-state index is 2.46. The monoisotopic (exact) mass is 712 g/mol. The molecule has 0 amide bonds. The topological polar surface area (TPSA) is 8.17 Å². The Labute approximate surface area is 325 Å². The minimum absolute atomic E-state index is 1.10. The second kappa shape index (κ2) is 13.2. The molecule has 0 aliphatic carbocycles. The lowest BCUT2D eigenvalue weighted by Gasteiger charge is -2.29. The van der Waals surface area contributed by atoms with Crippen LogP contribution in [0.4, 0.5) is 17.1 Å². The van der Waals surface area contributed by atoms with Gasteiger partial charge in [0.15, 0.2) is 0 Å². The highest BCUT2D eigenvalue weighted by atomic mass is 15.1. The van der Waals surface area contributed by atoms with Crippen molar-refractivity contribution < 1.29 is 0 Å². The van der Waals surface area contributed by atoms with E-state index >= 15 is 0 Å². The summed E-state index contributed by atoms with van der Waals surface area (Å²) >= 11 is 0. The van der Waals surface area contributed by atoms with Crippen molar-refractivity contribution in [1.82, 2.24) is 4.57 Å². The Morgan fingerprint density at radius 1 is 0.304 bits per heavy atom. The van der Waals surface area contributed by atoms with Gasteiger partial charge in [-0.05, 0) is 97.5 Å². The van der Waals surface area contributed by atoms with Crippen LogP contribution < -0.4 is 4.90 Å². The first-order valence-electron chi connectivity index (χ1n) is 19.3. The number of anilines is 3. The van der Waals surface area contributed by atoms with E-state index < -0.39 is 0 Å². The van der Waals surface area contributed by atoms with Crippen molar-refractivity contribution in [2.24, 2.45) is 0 Å². The highest BCUT2D eigenvalue weighted by molar-refractivity contribution is 6.22. The SMILES string of the molecule is c1ccc(-c2ccccc2N(c2ccc(-c3cccc4c3ccc3ccc5ccccc5c34)cc2)c2cccc3c2c2ccccc2n3-c2ccccc2)cc1. The van der Waals surface area contributed by atoms with E-state index in [9.17, 15) is 0 Å². The molecule has 0 unspecified atom stereocenters. The minimum Gasteiger partial charge on any atom is -0.309 e. The summed E-state index contributed by atoms with van der Waals surface area (Å²) in [6.45, 7) is 0. The van der Waals surface area contributed by atoms with E-state index in [2.05, 4.69) is 228 Å². The van der Waals surface area contributed by atoms with Crippen molar-refractivity contribution in [1.29, 1.82) is 0 Å². The second-order valence-electron chi connectivity index (χ2n) is 14.5. The molecule has 0 radical (unpaired) electrons. The summed E-state index contributed by atoms with van der Waals surface area (Å²) in [6, 6.07) is 79.4. The summed E-state index contributed by atoms with van der Waals surface area (Å²) in [5, 5.41) is 10.1. The van der Waals surface area contributed by atoms with Gasteiger partial charge >= 0.3 is 0 Å². The Balaban J connectivity index is 1.14. The van der Waals surface area contributed by atoms with Gasteiger partial charge in [-0.25, -0.2) is 0 Å². The first kappa shape index (κ1) is 32.0. The van der Waals surface area contributed by atoms with Crippen LogP contribution in [0.1, 0.15) is 0 Å². The molecule has 56 heavy (non-hydrogen) atoms. The summed E-state index contributed by atoms with van der Waals surface area (Å²) in [5.74, 6) is 0. The van der Waals surface area contributed by atoms with Crippen LogP contribution in [-0.4, -0.2) is 4.57 Å². The zero-order valence-corrected chi connectivity index (χ0v) is 30.7. The highest BCUT2D eigenvalue weighted by Crippen LogP contribution is 2.47. The van der Waals surface area contributed by atoms with Crippen LogP contribution in [0.25, 0.3) is 82.1 Å². The summed E-state index contributed by atoms with van der Waals surface area (Å²) in [7, 11) is 0. The normalized spacial score (nSPS) is 11.6. The second-order valence-corrected chi connectivity index (χ2v) is 14.5. The largest absolute Gasteiger partial charge is 0.309 e. The number of fused-ring (bicyclic) bond motifs is 8. The van der Waals surface area contributed by atoms with E-state index in [0.29, 0.717) is 0 Å². The van der Waals surface area contributed by atoms with Crippen LogP contribution >= 0.6 is 0 Å². The van der Waals surface area contributed by atoms with Crippen LogP contribution in [-0.2, 0) is 0 Å². The first-order chi connectivity index (χ1) is 27.8. The molecule has 0 spiro atoms. The summed E-state index contributed by atoms with van der Waals surface area (Å²) in [5.41, 5.74) is 11.6. The van der Waals surface area contributed by atoms with Gasteiger partial charge in [-0.1, -0.05) is 170 Å². The molecule has 1 heterocycles. The van der Waals surface area contributed by atoms with Crippen molar-refractivity contribution in [2.75, 3.05) is 4.90 Å². The third-order valence-corrected chi connectivity index (χ3v) is 11.4. The van der Waals surface area contributed by atoms with Crippen LogP contribution in [0, 0.1) is 0 Å². The van der Waals surface area contributed by atoms with E-state index in [4.69, 9.17) is 0 Å². The molecule has 0 aliphatic heterocycles. The maximum Gasteiger partial charge on any atom is 0.0562 e. The smallest absolute Gasteiger partial charge is 0.0562 e. The molecule has 1 aromatic heterocycles. The predicted molar refractivity (Wildman–Crippen MR) is 239 cm³/mol. The van der Waals surface area contributed by atoms with Crippen LogP contribution in [0.2, 0.25) is 0 Å². The molecule has 2 nitrogen and oxygen atoms in total. The number of hydrogen-bond acceptors (Lipinski definition) is 1. The molecule has 0 bridgehead atoms. The molecular weight excluding hydrogens is 677 g/mol. The van der Waals surface area contributed by atoms with Gasteiger partial charge < -0.3 is 9.47 Å². The minimum atomic E-state index is 1.10. The summed E-state index contributed by atoms with van der Waals surface area (Å²) in [6.07, 6.45) is 0. The third-order valence-electron chi connectivity index (χ3n) is 11.4. The number of benzene rings is 10. The van der Waals surface area contributed by atoms with Gasteiger partial charge in [0.25, 0.3) is 0 Å². The van der Waals surface area contributed by atoms with Crippen molar-refractivity contribution in [3.05, 3.63) is 218 Å². The van der Waals surface area contributed by atoms with Gasteiger partial charge in [0.1, 0.15) is 0 Å². The quantitative estimate of drug-likeness (QED) is 0.156. The summed E-state index contributed by atoms with van der Waals surface area (Å²) in [4.78, 5) is 2.46. The lowest BCUT2D eigenvalue weighted by atomic mass is 9.92. The molecular formula is C54H36N2. The predicted octanol–water partition coefficient (Wildman–Crippen LogP) is 15.0. The Bertz CT molecular complexity index is 3230. The molecule has 0 saturated carbocycles. The fraction of sp³-hybridized carbons (Fsp3) is 0. The van der Waals surface area contributed by atoms with Crippen LogP contribution in [0.3, 0.4) is 0 Å². The molecule has 10 aromatic carbocycles. The molecule has 0 atom stereocenters. The molecule has 0 saturated heterocycles. The Morgan fingerprint density at radius 2 is 0.893 bits per heavy atom. The molecule has 11 aromatic rings. The maximum atomic E-state index is 2.46. The average Bonchev–Trinajstić information content (AvgIpc) is 3.62. The average molecular weight is 713 g/mol. The number of nitrogens with zero attached hydrogens (tertiary/aromatic N) is 2. The van der Waals surface area contributed by atoms with Crippen molar-refractivity contribution in [3.8, 4) is 27.9 Å². The van der Waals surface area contributed by atoms with Crippen LogP contribution in [0.5, 0.6) is 0 Å². The lowest BCUT2D eigenvalue weighted by Crippen LogP contribution is -2.11. The van der Waals surface area contributed by atoms with E-state index in [1.165, 1.54) is 76.4 Å². The van der Waals surface area contributed by atoms with Crippen LogP contribution in [0.15, 0.2) is 218 Å². The molecule has 0 N–H and O–H groups in total. The van der Waals surface area contributed by atoms with E-state index in [1.54, 1.807) is 0 Å². The Kier molecular flexibility index (Phi) is 7.53. The van der Waals surface area contributed by atoms with Crippen molar-refractivity contribution >= 4 is 71.2 Å². The van der Waals surface area contributed by atoms with E-state index in [1.807, 2.05) is 0 Å². The van der Waals surface area contributed by atoms with Gasteiger partial charge in [-0.15, -0.1) is 0 Å². The molecule has 262 valence electrons. The van der Waals surface area contributed by atoms with Crippen molar-refractivity contribution in [3.63, 3.8) is 0 Å². The third kappa shape index (κ3) is 5.11. The fourth-order valence-electron chi connectivity index (χ4n) is 8.89. The number of rotatable bonds is 6. The fourth-order valence-corrected chi connectivity index (χ4v) is 8.89. The standard InChI is InChI=1S/C54H36N2/c1-3-15-37(16-4-1)44-20-9-11-25-49(44)56(52-28-14-27-51-54(52)48-22-10-12-26-50(48)55(51)41-18-5-2-6-19-41)42-34-31-39(32-35-42)43-23-13-24-47-46(43)36-33-40-30-29-38-17-7-8-21-45(38)53(40)47/h1-36H. The highest BCUT2D eigenvalue weighted by Gasteiger charge is 2.23. The van der Waals surface area contributed by atoms with E-state index in [0.717, 1.165) is 22.7 Å². The van der Waals surface area contributed by atoms with E-state index in [-0.39, 0.29) is 0 Å². The summed E-state index contributed by atoms with van der Waals surface area (Å²) < 4.78 is 2.39. The first-order valence-corrected chi connectivity index (χ1v) is 19.3. The zero-order chi connectivity index (χ0) is 37.0. The van der Waals surface area contributed by atoms with Gasteiger partial charge in [0.05, 0.1) is 22.4 Å². The van der Waals surface area contributed by atoms with Crippen molar-refractivity contribution in [2.45, 2.75) is 0 Å². The molecule has 11 rings (SSSR count). The number of hydrogen-bond donors (Lipinski definition) is 0. The molecule has 0 aliphatic rings.